The second-order valence-corrected chi connectivity index (χ2v) is 11.5. The van der Waals surface area contributed by atoms with Gasteiger partial charge in [-0.1, -0.05) is 6.92 Å². The van der Waals surface area contributed by atoms with Crippen LogP contribution in [0, 0.1) is 22.0 Å². The van der Waals surface area contributed by atoms with Gasteiger partial charge in [0.05, 0.1) is 34.6 Å². The van der Waals surface area contributed by atoms with E-state index < -0.39 is 40.8 Å². The van der Waals surface area contributed by atoms with Gasteiger partial charge < -0.3 is 19.6 Å². The van der Waals surface area contributed by atoms with Crippen LogP contribution in [0.1, 0.15) is 30.6 Å². The summed E-state index contributed by atoms with van der Waals surface area (Å²) < 4.78 is 5.13. The Morgan fingerprint density at radius 1 is 1.21 bits per heavy atom. The number of ether oxygens (including phenoxy) is 1. The number of non-ortho nitro benzene ring substituents is 1. The highest BCUT2D eigenvalue weighted by Gasteiger charge is 2.60. The lowest BCUT2D eigenvalue weighted by molar-refractivity contribution is -0.384. The topological polar surface area (TPSA) is 151 Å². The molecule has 0 aromatic heterocycles. The molecule has 6 atom stereocenters. The number of fused-ring (bicyclic) bond motifs is 1. The number of hydrogen-bond acceptors (Lipinski definition) is 10. The maximum Gasteiger partial charge on any atom is 0.363 e. The zero-order valence-corrected chi connectivity index (χ0v) is 22.5. The Labute approximate surface area is 223 Å². The van der Waals surface area contributed by atoms with Crippen molar-refractivity contribution in [1.29, 1.82) is 0 Å². The highest BCUT2D eigenvalue weighted by atomic mass is 32.2. The molecule has 2 fully saturated rings. The van der Waals surface area contributed by atoms with Crippen molar-refractivity contribution in [3.63, 3.8) is 0 Å². The number of carbonyl (C=O) groups excluding carboxylic acids is 4. The van der Waals surface area contributed by atoms with Gasteiger partial charge in [0.15, 0.2) is 0 Å². The van der Waals surface area contributed by atoms with Crippen LogP contribution in [0.4, 0.5) is 5.69 Å². The minimum absolute atomic E-state index is 0.0226. The first-order valence-electron chi connectivity index (χ1n) is 12.2. The van der Waals surface area contributed by atoms with Crippen molar-refractivity contribution in [1.82, 2.24) is 14.7 Å². The molecule has 1 aromatic rings. The van der Waals surface area contributed by atoms with Crippen LogP contribution in [0.15, 0.2) is 34.9 Å². The summed E-state index contributed by atoms with van der Waals surface area (Å²) in [6.07, 6.45) is -0.383. The molecule has 204 valence electrons. The molecule has 0 spiro atoms. The van der Waals surface area contributed by atoms with Crippen molar-refractivity contribution in [2.75, 3.05) is 27.7 Å². The maximum absolute atomic E-state index is 13.3. The van der Waals surface area contributed by atoms with Crippen LogP contribution in [0.3, 0.4) is 0 Å². The van der Waals surface area contributed by atoms with Gasteiger partial charge in [-0.25, -0.2) is 9.59 Å². The van der Waals surface area contributed by atoms with E-state index >= 15 is 0 Å². The maximum atomic E-state index is 13.3. The number of amides is 2. The quantitative estimate of drug-likeness (QED) is 0.174. The first-order chi connectivity index (χ1) is 17.8. The molecule has 13 heteroatoms. The average Bonchev–Trinajstić information content (AvgIpc) is 3.33. The summed E-state index contributed by atoms with van der Waals surface area (Å²) >= 11 is 1.39. The highest BCUT2D eigenvalue weighted by Crippen LogP contribution is 2.52. The smallest absolute Gasteiger partial charge is 0.363 e. The molecule has 1 unspecified atom stereocenters. The number of rotatable bonds is 7. The van der Waals surface area contributed by atoms with Crippen molar-refractivity contribution in [2.45, 2.75) is 43.7 Å². The molecular formula is C25H30N4O8S. The van der Waals surface area contributed by atoms with Crippen molar-refractivity contribution in [3.05, 3.63) is 50.5 Å². The summed E-state index contributed by atoms with van der Waals surface area (Å²) in [5, 5.41) is 21.0. The van der Waals surface area contributed by atoms with Gasteiger partial charge in [-0.05, 0) is 32.5 Å². The fourth-order valence-corrected chi connectivity index (χ4v) is 6.98. The number of likely N-dealkylation sites (N-methyl/N-ethyl adjacent to an activating group) is 2. The van der Waals surface area contributed by atoms with E-state index in [0.717, 1.165) is 12.1 Å². The predicted molar refractivity (Wildman–Crippen MR) is 137 cm³/mol. The predicted octanol–water partition coefficient (Wildman–Crippen LogP) is 1.24. The number of aliphatic hydroxyl groups excluding tert-OH is 1. The average molecular weight is 547 g/mol. The summed E-state index contributed by atoms with van der Waals surface area (Å²) in [5.74, 6) is -3.45. The summed E-state index contributed by atoms with van der Waals surface area (Å²) in [7, 11) is 5.25. The number of carbonyl (C=O) groups is 4. The van der Waals surface area contributed by atoms with E-state index in [2.05, 4.69) is 0 Å². The Balaban J connectivity index is 1.60. The second kappa shape index (κ2) is 10.5. The summed E-state index contributed by atoms with van der Waals surface area (Å²) in [6.45, 7) is 3.96. The lowest BCUT2D eigenvalue weighted by Gasteiger charge is -2.46. The molecule has 12 nitrogen and oxygen atoms in total. The van der Waals surface area contributed by atoms with Crippen LogP contribution >= 0.6 is 11.8 Å². The van der Waals surface area contributed by atoms with E-state index in [4.69, 9.17) is 4.74 Å². The molecule has 1 aromatic carbocycles. The molecule has 0 saturated carbocycles. The fraction of sp³-hybridized carbons (Fsp3) is 0.520. The Morgan fingerprint density at radius 3 is 2.39 bits per heavy atom. The Kier molecular flexibility index (Phi) is 7.64. The second-order valence-electron chi connectivity index (χ2n) is 10.1. The molecule has 2 saturated heterocycles. The molecule has 2 amide bonds. The summed E-state index contributed by atoms with van der Waals surface area (Å²) in [5.41, 5.74) is -0.306. The van der Waals surface area contributed by atoms with Crippen LogP contribution < -0.4 is 0 Å². The van der Waals surface area contributed by atoms with Crippen LogP contribution in [0.5, 0.6) is 0 Å². The van der Waals surface area contributed by atoms with Gasteiger partial charge in [-0.3, -0.25) is 24.6 Å². The van der Waals surface area contributed by atoms with Crippen molar-refractivity contribution in [3.8, 4) is 0 Å². The van der Waals surface area contributed by atoms with E-state index in [1.54, 1.807) is 14.1 Å². The molecule has 3 heterocycles. The third kappa shape index (κ3) is 4.81. The number of nitro benzene ring substituents is 1. The van der Waals surface area contributed by atoms with Gasteiger partial charge in [0.2, 0.25) is 11.8 Å². The number of nitro groups is 1. The van der Waals surface area contributed by atoms with E-state index in [9.17, 15) is 34.4 Å². The molecule has 3 aliphatic rings. The molecule has 4 rings (SSSR count). The fourth-order valence-electron chi connectivity index (χ4n) is 5.38. The minimum Gasteiger partial charge on any atom is -0.393 e. The molecule has 38 heavy (non-hydrogen) atoms. The first kappa shape index (κ1) is 27.7. The SMILES string of the molecule is C[C@@H](O)[C@H]1C(=O)N2C(C(=O)OC(=O)c3ccc([N+](=O)[O-])cc3)=C(SC3C[C@@H](C(=O)N(C)C)N(C)C3)[C@H](C)[C@H]12. The largest absolute Gasteiger partial charge is 0.393 e. The van der Waals surface area contributed by atoms with Gasteiger partial charge in [0, 0.05) is 48.8 Å². The number of benzene rings is 1. The summed E-state index contributed by atoms with van der Waals surface area (Å²) in [4.78, 5) is 67.2. The normalized spacial score (nSPS) is 27.6. The number of β-lactam (4-membered cyclic amide) rings is 1. The number of thioether (sulfide) groups is 1. The lowest BCUT2D eigenvalue weighted by atomic mass is 9.79. The number of likely N-dealkylation sites (tertiary alicyclic amines) is 1. The Morgan fingerprint density at radius 2 is 1.84 bits per heavy atom. The van der Waals surface area contributed by atoms with Crippen molar-refractivity contribution in [2.24, 2.45) is 11.8 Å². The van der Waals surface area contributed by atoms with Gasteiger partial charge in [-0.15, -0.1) is 11.8 Å². The standard InChI is InChI=1S/C25H30N4O8S/c1-12-19-18(13(2)30)23(32)28(19)20(21(12)38-16-10-17(27(5)11-16)22(31)26(3)4)25(34)37-24(33)14-6-8-15(9-7-14)29(35)36/h6-9,12-13,16-19,30H,10-11H2,1-5H3/t12-,13-,16?,17+,18-,19-/m1/s1. The molecule has 0 bridgehead atoms. The third-order valence-corrected chi connectivity index (χ3v) is 8.82. The molecular weight excluding hydrogens is 516 g/mol. The number of aliphatic hydroxyl groups is 1. The van der Waals surface area contributed by atoms with Gasteiger partial charge in [-0.2, -0.15) is 0 Å². The van der Waals surface area contributed by atoms with Crippen LogP contribution in [-0.4, -0.2) is 99.6 Å². The molecule has 0 radical (unpaired) electrons. The van der Waals surface area contributed by atoms with Crippen LogP contribution in [-0.2, 0) is 19.1 Å². The molecule has 3 aliphatic heterocycles. The zero-order valence-electron chi connectivity index (χ0n) is 21.7. The minimum atomic E-state index is -1.00. The van der Waals surface area contributed by atoms with Crippen LogP contribution in [0.2, 0.25) is 0 Å². The monoisotopic (exact) mass is 546 g/mol. The molecule has 0 aliphatic carbocycles. The first-order valence-corrected chi connectivity index (χ1v) is 13.1. The van der Waals surface area contributed by atoms with E-state index in [1.807, 2.05) is 18.9 Å². The Hall–Kier alpha value is -3.29. The third-order valence-electron chi connectivity index (χ3n) is 7.33. The molecule has 1 N–H and O–H groups in total. The van der Waals surface area contributed by atoms with Gasteiger partial charge >= 0.3 is 11.9 Å². The van der Waals surface area contributed by atoms with Crippen molar-refractivity contribution >= 4 is 41.2 Å². The summed E-state index contributed by atoms with van der Waals surface area (Å²) in [6, 6.07) is 3.86. The zero-order chi connectivity index (χ0) is 28.0. The highest BCUT2D eigenvalue weighted by molar-refractivity contribution is 8.03. The number of nitrogens with zero attached hydrogens (tertiary/aromatic N) is 4. The van der Waals surface area contributed by atoms with E-state index in [-0.39, 0.29) is 40.1 Å². The Bertz CT molecular complexity index is 1210. The number of esters is 2. The van der Waals surface area contributed by atoms with E-state index in [1.165, 1.54) is 40.6 Å². The van der Waals surface area contributed by atoms with Gasteiger partial charge in [0.25, 0.3) is 5.69 Å². The number of hydrogen-bond donors (Lipinski definition) is 1. The van der Waals surface area contributed by atoms with Crippen LogP contribution in [0.25, 0.3) is 0 Å². The van der Waals surface area contributed by atoms with Gasteiger partial charge in [0.1, 0.15) is 5.70 Å². The van der Waals surface area contributed by atoms with E-state index in [0.29, 0.717) is 17.9 Å². The van der Waals surface area contributed by atoms with Crippen molar-refractivity contribution < 1.29 is 33.9 Å². The lowest BCUT2D eigenvalue weighted by Crippen LogP contribution is -2.63.